The summed E-state index contributed by atoms with van der Waals surface area (Å²) in [5.41, 5.74) is 0.365. The lowest BCUT2D eigenvalue weighted by Crippen LogP contribution is -2.48. The van der Waals surface area contributed by atoms with Crippen molar-refractivity contribution < 1.29 is 4.79 Å². The first-order valence-corrected chi connectivity index (χ1v) is 6.71. The van der Waals surface area contributed by atoms with Crippen molar-refractivity contribution in [3.63, 3.8) is 0 Å². The Labute approximate surface area is 111 Å². The number of amides is 1. The fourth-order valence-corrected chi connectivity index (χ4v) is 2.90. The molecule has 1 amide bonds. The van der Waals surface area contributed by atoms with E-state index in [0.717, 1.165) is 19.5 Å². The second-order valence-corrected chi connectivity index (χ2v) is 5.74. The molecule has 17 heavy (non-hydrogen) atoms. The minimum absolute atomic E-state index is 0. The summed E-state index contributed by atoms with van der Waals surface area (Å²) in [5.74, 6) is 0.216. The van der Waals surface area contributed by atoms with Gasteiger partial charge >= 0.3 is 0 Å². The van der Waals surface area contributed by atoms with Crippen molar-refractivity contribution in [1.82, 2.24) is 10.6 Å². The summed E-state index contributed by atoms with van der Waals surface area (Å²) in [6.07, 6.45) is 8.59. The Morgan fingerprint density at radius 3 is 2.59 bits per heavy atom. The molecule has 1 heterocycles. The number of nitrogens with one attached hydrogen (secondary N) is 2. The minimum Gasteiger partial charge on any atom is -0.354 e. The van der Waals surface area contributed by atoms with Gasteiger partial charge in [0, 0.05) is 6.54 Å². The summed E-state index contributed by atoms with van der Waals surface area (Å²) in [7, 11) is 0. The fourth-order valence-electron chi connectivity index (χ4n) is 2.90. The molecule has 100 valence electrons. The molecule has 4 heteroatoms. The van der Waals surface area contributed by atoms with Gasteiger partial charge in [-0.25, -0.2) is 0 Å². The number of hydrogen-bond acceptors (Lipinski definition) is 2. The van der Waals surface area contributed by atoms with Crippen molar-refractivity contribution in [3.8, 4) is 0 Å². The van der Waals surface area contributed by atoms with E-state index in [-0.39, 0.29) is 24.4 Å². The van der Waals surface area contributed by atoms with Crippen molar-refractivity contribution in [2.45, 2.75) is 57.9 Å². The minimum atomic E-state index is 0. The van der Waals surface area contributed by atoms with E-state index in [4.69, 9.17) is 0 Å². The Hall–Kier alpha value is -0.280. The maximum Gasteiger partial charge on any atom is 0.237 e. The van der Waals surface area contributed by atoms with E-state index in [1.54, 1.807) is 0 Å². The van der Waals surface area contributed by atoms with Crippen LogP contribution in [-0.4, -0.2) is 25.0 Å². The standard InChI is InChI=1S/C13H24N2O.ClH/c1-13(7-3-4-8-13)10-15-12(16)11-6-2-5-9-14-11;/h11,14H,2-10H2,1H3,(H,15,16);1H/t11-;/m1./s1. The Balaban J connectivity index is 0.00000144. The lowest BCUT2D eigenvalue weighted by molar-refractivity contribution is -0.124. The molecule has 2 N–H and O–H groups in total. The SMILES string of the molecule is CC1(CNC(=O)[C@H]2CCCCN2)CCCC1.Cl. The van der Waals surface area contributed by atoms with Gasteiger partial charge in [0.25, 0.3) is 0 Å². The number of hydrogen-bond donors (Lipinski definition) is 2. The molecule has 1 saturated heterocycles. The molecule has 0 spiro atoms. The van der Waals surface area contributed by atoms with Crippen LogP contribution < -0.4 is 10.6 Å². The Kier molecular flexibility index (Phi) is 5.74. The van der Waals surface area contributed by atoms with Gasteiger partial charge in [0.2, 0.25) is 5.91 Å². The van der Waals surface area contributed by atoms with E-state index >= 15 is 0 Å². The lowest BCUT2D eigenvalue weighted by Gasteiger charge is -2.27. The van der Waals surface area contributed by atoms with Crippen LogP contribution in [0.15, 0.2) is 0 Å². The zero-order chi connectivity index (χ0) is 11.4. The third kappa shape index (κ3) is 4.14. The molecule has 0 radical (unpaired) electrons. The van der Waals surface area contributed by atoms with Gasteiger partial charge in [0.1, 0.15) is 0 Å². The highest BCUT2D eigenvalue weighted by Crippen LogP contribution is 2.36. The van der Waals surface area contributed by atoms with E-state index in [2.05, 4.69) is 17.6 Å². The molecule has 1 aliphatic heterocycles. The van der Waals surface area contributed by atoms with Gasteiger partial charge in [0.15, 0.2) is 0 Å². The van der Waals surface area contributed by atoms with Crippen LogP contribution in [0.3, 0.4) is 0 Å². The maximum absolute atomic E-state index is 11.9. The van der Waals surface area contributed by atoms with Gasteiger partial charge in [-0.15, -0.1) is 12.4 Å². The summed E-state index contributed by atoms with van der Waals surface area (Å²) in [4.78, 5) is 11.9. The van der Waals surface area contributed by atoms with Crippen LogP contribution in [0, 0.1) is 5.41 Å². The fraction of sp³-hybridized carbons (Fsp3) is 0.923. The molecule has 1 aliphatic carbocycles. The van der Waals surface area contributed by atoms with Gasteiger partial charge in [0.05, 0.1) is 6.04 Å². The average Bonchev–Trinajstić information content (AvgIpc) is 2.75. The zero-order valence-corrected chi connectivity index (χ0v) is 11.6. The first-order chi connectivity index (χ1) is 7.70. The molecular formula is C13H25ClN2O. The van der Waals surface area contributed by atoms with Gasteiger partial charge in [-0.3, -0.25) is 4.79 Å². The summed E-state index contributed by atoms with van der Waals surface area (Å²) in [6.45, 7) is 4.16. The Morgan fingerprint density at radius 1 is 1.29 bits per heavy atom. The summed E-state index contributed by atoms with van der Waals surface area (Å²) in [6, 6.07) is 0.0683. The van der Waals surface area contributed by atoms with E-state index < -0.39 is 0 Å². The highest BCUT2D eigenvalue weighted by atomic mass is 35.5. The van der Waals surface area contributed by atoms with E-state index in [1.165, 1.54) is 38.5 Å². The molecule has 1 atom stereocenters. The predicted molar refractivity (Wildman–Crippen MR) is 72.5 cm³/mol. The van der Waals surface area contributed by atoms with Crippen LogP contribution in [0.4, 0.5) is 0 Å². The summed E-state index contributed by atoms with van der Waals surface area (Å²) in [5, 5.41) is 6.43. The van der Waals surface area contributed by atoms with Gasteiger partial charge in [-0.2, -0.15) is 0 Å². The third-order valence-corrected chi connectivity index (χ3v) is 4.13. The maximum atomic E-state index is 11.9. The molecule has 0 aromatic heterocycles. The van der Waals surface area contributed by atoms with E-state index in [1.807, 2.05) is 0 Å². The Morgan fingerprint density at radius 2 is 2.00 bits per heavy atom. The van der Waals surface area contributed by atoms with Crippen molar-refractivity contribution in [1.29, 1.82) is 0 Å². The second kappa shape index (κ2) is 6.60. The summed E-state index contributed by atoms with van der Waals surface area (Å²) < 4.78 is 0. The smallest absolute Gasteiger partial charge is 0.237 e. The highest BCUT2D eigenvalue weighted by molar-refractivity contribution is 5.85. The molecule has 0 aromatic carbocycles. The molecular weight excluding hydrogens is 236 g/mol. The van der Waals surface area contributed by atoms with Crippen LogP contribution >= 0.6 is 12.4 Å². The number of halogens is 1. The van der Waals surface area contributed by atoms with Crippen LogP contribution in [0.2, 0.25) is 0 Å². The quantitative estimate of drug-likeness (QED) is 0.817. The third-order valence-electron chi connectivity index (χ3n) is 4.13. The van der Waals surface area contributed by atoms with E-state index in [9.17, 15) is 4.79 Å². The monoisotopic (exact) mass is 260 g/mol. The van der Waals surface area contributed by atoms with Crippen LogP contribution in [0.25, 0.3) is 0 Å². The number of piperidine rings is 1. The molecule has 0 unspecified atom stereocenters. The molecule has 0 aromatic rings. The molecule has 2 aliphatic rings. The second-order valence-electron chi connectivity index (χ2n) is 5.74. The van der Waals surface area contributed by atoms with Gasteiger partial charge in [-0.05, 0) is 37.6 Å². The normalized spacial score (nSPS) is 27.2. The lowest BCUT2D eigenvalue weighted by atomic mass is 9.89. The van der Waals surface area contributed by atoms with Gasteiger partial charge < -0.3 is 10.6 Å². The average molecular weight is 261 g/mol. The van der Waals surface area contributed by atoms with Crippen molar-refractivity contribution in [3.05, 3.63) is 0 Å². The van der Waals surface area contributed by atoms with E-state index in [0.29, 0.717) is 5.41 Å². The molecule has 3 nitrogen and oxygen atoms in total. The number of rotatable bonds is 3. The molecule has 2 fully saturated rings. The number of carbonyl (C=O) groups excluding carboxylic acids is 1. The predicted octanol–water partition coefficient (Wildman–Crippen LogP) is 2.25. The van der Waals surface area contributed by atoms with Crippen LogP contribution in [-0.2, 0) is 4.79 Å². The topological polar surface area (TPSA) is 41.1 Å². The first kappa shape index (κ1) is 14.8. The number of carbonyl (C=O) groups is 1. The van der Waals surface area contributed by atoms with Crippen molar-refractivity contribution in [2.24, 2.45) is 5.41 Å². The van der Waals surface area contributed by atoms with Gasteiger partial charge in [-0.1, -0.05) is 26.2 Å². The largest absolute Gasteiger partial charge is 0.354 e. The van der Waals surface area contributed by atoms with Crippen LogP contribution in [0.5, 0.6) is 0 Å². The first-order valence-electron chi connectivity index (χ1n) is 6.71. The summed E-state index contributed by atoms with van der Waals surface area (Å²) >= 11 is 0. The van der Waals surface area contributed by atoms with Crippen LogP contribution in [0.1, 0.15) is 51.9 Å². The molecule has 0 bridgehead atoms. The van der Waals surface area contributed by atoms with Crippen molar-refractivity contribution >= 4 is 18.3 Å². The highest BCUT2D eigenvalue weighted by Gasteiger charge is 2.30. The van der Waals surface area contributed by atoms with Crippen molar-refractivity contribution in [2.75, 3.05) is 13.1 Å². The molecule has 2 rings (SSSR count). The molecule has 1 saturated carbocycles. The Bertz CT molecular complexity index is 246. The zero-order valence-electron chi connectivity index (χ0n) is 10.8.